The number of carbonyl (C=O) groups is 1. The fourth-order valence-corrected chi connectivity index (χ4v) is 3.94. The number of nitrogens with zero attached hydrogens (tertiary/aromatic N) is 2. The molecule has 1 saturated heterocycles. The molecule has 2 heterocycles. The lowest BCUT2D eigenvalue weighted by molar-refractivity contribution is 0.193. The van der Waals surface area contributed by atoms with Gasteiger partial charge in [0.2, 0.25) is 0 Å². The number of carbonyl (C=O) groups excluding carboxylic acids is 1. The number of aromatic nitrogens is 1. The molecule has 0 atom stereocenters. The van der Waals surface area contributed by atoms with E-state index in [0.717, 1.165) is 48.3 Å². The fraction of sp³-hybridized carbons (Fsp3) is 0.565. The lowest BCUT2D eigenvalue weighted by Crippen LogP contribution is -2.46. The van der Waals surface area contributed by atoms with Crippen LogP contribution in [0.15, 0.2) is 30.5 Å². The first kappa shape index (κ1) is 21.4. The number of benzene rings is 1. The van der Waals surface area contributed by atoms with E-state index < -0.39 is 0 Å². The van der Waals surface area contributed by atoms with Crippen LogP contribution in [0.1, 0.15) is 51.9 Å². The van der Waals surface area contributed by atoms with E-state index in [-0.39, 0.29) is 12.1 Å². The van der Waals surface area contributed by atoms with Crippen LogP contribution in [0, 0.1) is 0 Å². The molecule has 2 aromatic rings. The van der Waals surface area contributed by atoms with E-state index in [1.54, 1.807) is 13.3 Å². The van der Waals surface area contributed by atoms with Gasteiger partial charge in [-0.15, -0.1) is 0 Å². The molecule has 3 rings (SSSR count). The summed E-state index contributed by atoms with van der Waals surface area (Å²) >= 11 is 0. The largest absolute Gasteiger partial charge is 0.497 e. The van der Waals surface area contributed by atoms with Gasteiger partial charge in [-0.1, -0.05) is 32.6 Å². The van der Waals surface area contributed by atoms with Crippen molar-refractivity contribution in [1.29, 1.82) is 0 Å². The monoisotopic (exact) mass is 398 g/mol. The average Bonchev–Trinajstić information content (AvgIpc) is 2.74. The molecule has 0 radical (unpaired) electrons. The van der Waals surface area contributed by atoms with Crippen LogP contribution in [0.25, 0.3) is 10.9 Å². The fourth-order valence-electron chi connectivity index (χ4n) is 3.94. The first-order valence-electron chi connectivity index (χ1n) is 10.9. The molecule has 0 spiro atoms. The molecule has 1 aliphatic heterocycles. The zero-order valence-corrected chi connectivity index (χ0v) is 17.7. The third-order valence-electron chi connectivity index (χ3n) is 5.70. The summed E-state index contributed by atoms with van der Waals surface area (Å²) in [5, 5.41) is 7.00. The normalized spacial score (nSPS) is 15.4. The van der Waals surface area contributed by atoms with Crippen molar-refractivity contribution in [3.8, 4) is 5.75 Å². The van der Waals surface area contributed by atoms with Gasteiger partial charge in [0.05, 0.1) is 18.3 Å². The van der Waals surface area contributed by atoms with E-state index in [9.17, 15) is 4.79 Å². The number of likely N-dealkylation sites (tertiary alicyclic amines) is 1. The number of piperidine rings is 1. The van der Waals surface area contributed by atoms with Crippen LogP contribution in [0.2, 0.25) is 0 Å². The molecule has 158 valence electrons. The maximum atomic E-state index is 12.5. The molecule has 0 saturated carbocycles. The Kier molecular flexibility index (Phi) is 8.11. The van der Waals surface area contributed by atoms with E-state index in [1.807, 2.05) is 24.3 Å². The minimum Gasteiger partial charge on any atom is -0.497 e. The Morgan fingerprint density at radius 1 is 1.17 bits per heavy atom. The molecule has 6 nitrogen and oxygen atoms in total. The van der Waals surface area contributed by atoms with Crippen LogP contribution in [-0.4, -0.2) is 48.7 Å². The minimum atomic E-state index is -0.154. The van der Waals surface area contributed by atoms with Gasteiger partial charge < -0.3 is 20.3 Å². The minimum absolute atomic E-state index is 0.154. The molecule has 0 unspecified atom stereocenters. The molecule has 2 amide bonds. The van der Waals surface area contributed by atoms with E-state index >= 15 is 0 Å². The van der Waals surface area contributed by atoms with Gasteiger partial charge >= 0.3 is 6.03 Å². The SMILES string of the molecule is CCCCCCCN1CCC(NC(=O)Nc2ccnc3ccc(OC)cc23)CC1. The van der Waals surface area contributed by atoms with Crippen LogP contribution >= 0.6 is 0 Å². The quantitative estimate of drug-likeness (QED) is 0.596. The van der Waals surface area contributed by atoms with E-state index in [1.165, 1.54) is 38.6 Å². The Morgan fingerprint density at radius 2 is 1.97 bits per heavy atom. The second-order valence-corrected chi connectivity index (χ2v) is 7.87. The molecule has 1 aliphatic rings. The topological polar surface area (TPSA) is 66.5 Å². The number of fused-ring (bicyclic) bond motifs is 1. The number of unbranched alkanes of at least 4 members (excludes halogenated alkanes) is 4. The van der Waals surface area contributed by atoms with Crippen LogP contribution < -0.4 is 15.4 Å². The summed E-state index contributed by atoms with van der Waals surface area (Å²) in [6.07, 6.45) is 10.3. The standard InChI is InChI=1S/C23H34N4O2/c1-3-4-5-6-7-14-27-15-11-18(12-16-27)25-23(28)26-22-10-13-24-21-9-8-19(29-2)17-20(21)22/h8-10,13,17-18H,3-7,11-12,14-16H2,1-2H3,(H2,24,25,26,28). The van der Waals surface area contributed by atoms with Crippen LogP contribution in [0.3, 0.4) is 0 Å². The molecule has 1 aromatic heterocycles. The zero-order valence-electron chi connectivity index (χ0n) is 17.7. The number of hydrogen-bond acceptors (Lipinski definition) is 4. The van der Waals surface area contributed by atoms with Gasteiger partial charge in [-0.25, -0.2) is 4.79 Å². The Morgan fingerprint density at radius 3 is 2.72 bits per heavy atom. The number of ether oxygens (including phenoxy) is 1. The number of hydrogen-bond donors (Lipinski definition) is 2. The second kappa shape index (κ2) is 11.0. The molecule has 2 N–H and O–H groups in total. The maximum Gasteiger partial charge on any atom is 0.319 e. The molecular weight excluding hydrogens is 364 g/mol. The number of nitrogens with one attached hydrogen (secondary N) is 2. The van der Waals surface area contributed by atoms with Gasteiger partial charge in [0.1, 0.15) is 5.75 Å². The van der Waals surface area contributed by atoms with Gasteiger partial charge in [0.15, 0.2) is 0 Å². The summed E-state index contributed by atoms with van der Waals surface area (Å²) in [5.41, 5.74) is 1.58. The Labute approximate surface area is 174 Å². The number of urea groups is 1. The third-order valence-corrected chi connectivity index (χ3v) is 5.70. The van der Waals surface area contributed by atoms with Gasteiger partial charge in [-0.05, 0) is 50.1 Å². The average molecular weight is 399 g/mol. The lowest BCUT2D eigenvalue weighted by Gasteiger charge is -2.32. The first-order chi connectivity index (χ1) is 14.2. The summed E-state index contributed by atoms with van der Waals surface area (Å²) in [4.78, 5) is 19.4. The van der Waals surface area contributed by atoms with Crippen molar-refractivity contribution < 1.29 is 9.53 Å². The first-order valence-corrected chi connectivity index (χ1v) is 10.9. The summed E-state index contributed by atoms with van der Waals surface area (Å²) in [5.74, 6) is 0.746. The Hall–Kier alpha value is -2.34. The highest BCUT2D eigenvalue weighted by molar-refractivity contribution is 6.00. The molecule has 0 aliphatic carbocycles. The van der Waals surface area contributed by atoms with E-state index in [2.05, 4.69) is 27.4 Å². The van der Waals surface area contributed by atoms with E-state index in [4.69, 9.17) is 4.74 Å². The zero-order chi connectivity index (χ0) is 20.5. The van der Waals surface area contributed by atoms with Crippen LogP contribution in [0.5, 0.6) is 5.75 Å². The Balaban J connectivity index is 1.45. The van der Waals surface area contributed by atoms with Gasteiger partial charge in [-0.3, -0.25) is 4.98 Å². The van der Waals surface area contributed by atoms with Crippen molar-refractivity contribution in [3.05, 3.63) is 30.5 Å². The number of pyridine rings is 1. The molecule has 0 bridgehead atoms. The smallest absolute Gasteiger partial charge is 0.319 e. The highest BCUT2D eigenvalue weighted by atomic mass is 16.5. The highest BCUT2D eigenvalue weighted by Crippen LogP contribution is 2.26. The third kappa shape index (κ3) is 6.32. The van der Waals surface area contributed by atoms with Gasteiger partial charge in [-0.2, -0.15) is 0 Å². The molecule has 1 fully saturated rings. The van der Waals surface area contributed by atoms with Gasteiger partial charge in [0, 0.05) is 30.7 Å². The van der Waals surface area contributed by atoms with E-state index in [0.29, 0.717) is 0 Å². The number of anilines is 1. The van der Waals surface area contributed by atoms with Crippen molar-refractivity contribution in [1.82, 2.24) is 15.2 Å². The summed E-state index contributed by atoms with van der Waals surface area (Å²) in [6, 6.07) is 7.57. The van der Waals surface area contributed by atoms with Gasteiger partial charge in [0.25, 0.3) is 0 Å². The predicted molar refractivity (Wildman–Crippen MR) is 119 cm³/mol. The number of methoxy groups -OCH3 is 1. The summed E-state index contributed by atoms with van der Waals surface area (Å²) in [6.45, 7) is 5.57. The summed E-state index contributed by atoms with van der Waals surface area (Å²) < 4.78 is 5.30. The van der Waals surface area contributed by atoms with Crippen molar-refractivity contribution in [2.24, 2.45) is 0 Å². The number of amides is 2. The molecule has 1 aromatic carbocycles. The van der Waals surface area contributed by atoms with Crippen LogP contribution in [-0.2, 0) is 0 Å². The molecule has 6 heteroatoms. The van der Waals surface area contributed by atoms with Crippen LogP contribution in [0.4, 0.5) is 10.5 Å². The van der Waals surface area contributed by atoms with Crippen molar-refractivity contribution in [2.75, 3.05) is 32.1 Å². The molecular formula is C23H34N4O2. The van der Waals surface area contributed by atoms with Crippen molar-refractivity contribution in [3.63, 3.8) is 0 Å². The van der Waals surface area contributed by atoms with Crippen molar-refractivity contribution in [2.45, 2.75) is 57.9 Å². The maximum absolute atomic E-state index is 12.5. The Bertz CT molecular complexity index is 788. The number of rotatable bonds is 9. The highest BCUT2D eigenvalue weighted by Gasteiger charge is 2.20. The predicted octanol–water partition coefficient (Wildman–Crippen LogP) is 4.80. The summed E-state index contributed by atoms with van der Waals surface area (Å²) in [7, 11) is 1.63. The molecule has 29 heavy (non-hydrogen) atoms. The van der Waals surface area contributed by atoms with Crippen molar-refractivity contribution >= 4 is 22.6 Å². The lowest BCUT2D eigenvalue weighted by atomic mass is 10.0. The second-order valence-electron chi connectivity index (χ2n) is 7.87.